The second kappa shape index (κ2) is 5.52. The van der Waals surface area contributed by atoms with Crippen LogP contribution in [0.5, 0.6) is 0 Å². The smallest absolute Gasteiger partial charge is 0.237 e. The summed E-state index contributed by atoms with van der Waals surface area (Å²) in [5.41, 5.74) is 1.07. The lowest BCUT2D eigenvalue weighted by Gasteiger charge is -2.18. The van der Waals surface area contributed by atoms with Gasteiger partial charge in [0, 0.05) is 11.6 Å². The van der Waals surface area contributed by atoms with Gasteiger partial charge in [-0.15, -0.1) is 0 Å². The Morgan fingerprint density at radius 2 is 2.18 bits per heavy atom. The fourth-order valence-electron chi connectivity index (χ4n) is 2.15. The Balaban J connectivity index is 1.85. The highest BCUT2D eigenvalue weighted by Crippen LogP contribution is 2.15. The van der Waals surface area contributed by atoms with Gasteiger partial charge in [0.15, 0.2) is 0 Å². The number of likely N-dealkylation sites (tertiary alicyclic amines) is 1. The molecule has 92 valence electrons. The number of amides is 1. The number of nitrogens with one attached hydrogen (secondary N) is 1. The van der Waals surface area contributed by atoms with Crippen LogP contribution < -0.4 is 5.32 Å². The van der Waals surface area contributed by atoms with Gasteiger partial charge in [-0.3, -0.25) is 9.69 Å². The molecule has 1 N–H and O–H groups in total. The maximum atomic E-state index is 11.9. The Hall–Kier alpha value is -1.06. The van der Waals surface area contributed by atoms with Crippen molar-refractivity contribution in [3.8, 4) is 0 Å². The van der Waals surface area contributed by atoms with Crippen molar-refractivity contribution in [3.63, 3.8) is 0 Å². The normalized spacial score (nSPS) is 20.5. The molecular weight excluding hydrogens is 236 g/mol. The van der Waals surface area contributed by atoms with E-state index >= 15 is 0 Å². The molecule has 3 nitrogen and oxygen atoms in total. The van der Waals surface area contributed by atoms with Crippen LogP contribution in [0.25, 0.3) is 0 Å². The van der Waals surface area contributed by atoms with Gasteiger partial charge >= 0.3 is 0 Å². The number of likely N-dealkylation sites (N-methyl/N-ethyl adjacent to an activating group) is 1. The van der Waals surface area contributed by atoms with E-state index in [1.165, 1.54) is 0 Å². The number of benzene rings is 1. The number of carbonyl (C=O) groups is 1. The molecular formula is C13H17ClN2O. The standard InChI is InChI=1S/C13H17ClN2O/c1-16-8-2-3-12(16)13(17)15-9-10-4-6-11(14)7-5-10/h4-7,12H,2-3,8-9H2,1H3,(H,15,17). The third-order valence-electron chi connectivity index (χ3n) is 3.20. The quantitative estimate of drug-likeness (QED) is 0.893. The van der Waals surface area contributed by atoms with E-state index < -0.39 is 0 Å². The number of carbonyl (C=O) groups excluding carboxylic acids is 1. The van der Waals surface area contributed by atoms with Gasteiger partial charge < -0.3 is 5.32 Å². The summed E-state index contributed by atoms with van der Waals surface area (Å²) in [7, 11) is 2.00. The van der Waals surface area contributed by atoms with Gasteiger partial charge in [0.2, 0.25) is 5.91 Å². The first-order valence-corrected chi connectivity index (χ1v) is 6.27. The molecule has 0 aromatic heterocycles. The molecule has 0 aliphatic carbocycles. The number of rotatable bonds is 3. The monoisotopic (exact) mass is 252 g/mol. The Labute approximate surface area is 107 Å². The van der Waals surface area contributed by atoms with Gasteiger partial charge in [-0.05, 0) is 44.1 Å². The summed E-state index contributed by atoms with van der Waals surface area (Å²) in [6, 6.07) is 7.58. The fourth-order valence-corrected chi connectivity index (χ4v) is 2.28. The van der Waals surface area contributed by atoms with E-state index in [1.54, 1.807) is 0 Å². The van der Waals surface area contributed by atoms with Crippen molar-refractivity contribution in [2.45, 2.75) is 25.4 Å². The number of hydrogen-bond donors (Lipinski definition) is 1. The van der Waals surface area contributed by atoms with Crippen LogP contribution in [0.15, 0.2) is 24.3 Å². The molecule has 1 amide bonds. The second-order valence-corrected chi connectivity index (χ2v) is 4.92. The van der Waals surface area contributed by atoms with E-state index in [9.17, 15) is 4.79 Å². The molecule has 4 heteroatoms. The SMILES string of the molecule is CN1CCCC1C(=O)NCc1ccc(Cl)cc1. The highest BCUT2D eigenvalue weighted by Gasteiger charge is 2.27. The average molecular weight is 253 g/mol. The second-order valence-electron chi connectivity index (χ2n) is 4.48. The predicted octanol–water partition coefficient (Wildman–Crippen LogP) is 2.05. The van der Waals surface area contributed by atoms with Crippen molar-refractivity contribution < 1.29 is 4.79 Å². The van der Waals surface area contributed by atoms with E-state index in [0.29, 0.717) is 6.54 Å². The van der Waals surface area contributed by atoms with Gasteiger partial charge in [0.1, 0.15) is 0 Å². The van der Waals surface area contributed by atoms with Crippen molar-refractivity contribution in [2.24, 2.45) is 0 Å². The molecule has 1 atom stereocenters. The van der Waals surface area contributed by atoms with Gasteiger partial charge in [0.05, 0.1) is 6.04 Å². The Morgan fingerprint density at radius 1 is 1.47 bits per heavy atom. The zero-order valence-electron chi connectivity index (χ0n) is 9.95. The van der Waals surface area contributed by atoms with Crippen LogP contribution >= 0.6 is 11.6 Å². The minimum Gasteiger partial charge on any atom is -0.351 e. The molecule has 0 spiro atoms. The fraction of sp³-hybridized carbons (Fsp3) is 0.462. The Kier molecular flexibility index (Phi) is 4.02. The van der Waals surface area contributed by atoms with E-state index in [-0.39, 0.29) is 11.9 Å². The molecule has 2 rings (SSSR count). The molecule has 1 aliphatic heterocycles. The summed E-state index contributed by atoms with van der Waals surface area (Å²) in [5.74, 6) is 0.125. The lowest BCUT2D eigenvalue weighted by Crippen LogP contribution is -2.41. The third-order valence-corrected chi connectivity index (χ3v) is 3.46. The molecule has 1 heterocycles. The van der Waals surface area contributed by atoms with Crippen LogP contribution in [-0.4, -0.2) is 30.4 Å². The number of halogens is 1. The zero-order chi connectivity index (χ0) is 12.3. The summed E-state index contributed by atoms with van der Waals surface area (Å²) in [6.45, 7) is 1.58. The molecule has 1 aromatic rings. The molecule has 1 saturated heterocycles. The van der Waals surface area contributed by atoms with E-state index in [1.807, 2.05) is 31.3 Å². The first kappa shape index (κ1) is 12.4. The van der Waals surface area contributed by atoms with Gasteiger partial charge in [-0.2, -0.15) is 0 Å². The number of hydrogen-bond acceptors (Lipinski definition) is 2. The first-order chi connectivity index (χ1) is 8.16. The third kappa shape index (κ3) is 3.20. The van der Waals surface area contributed by atoms with Crippen LogP contribution in [0, 0.1) is 0 Å². The van der Waals surface area contributed by atoms with Crippen molar-refractivity contribution >= 4 is 17.5 Å². The molecule has 1 unspecified atom stereocenters. The zero-order valence-corrected chi connectivity index (χ0v) is 10.7. The average Bonchev–Trinajstić information content (AvgIpc) is 2.74. The molecule has 1 aromatic carbocycles. The molecule has 1 aliphatic rings. The van der Waals surface area contributed by atoms with Gasteiger partial charge in [-0.25, -0.2) is 0 Å². The molecule has 0 bridgehead atoms. The van der Waals surface area contributed by atoms with Crippen molar-refractivity contribution in [3.05, 3.63) is 34.9 Å². The summed E-state index contributed by atoms with van der Waals surface area (Å²) >= 11 is 5.80. The number of nitrogens with zero attached hydrogens (tertiary/aromatic N) is 1. The van der Waals surface area contributed by atoms with Gasteiger partial charge in [0.25, 0.3) is 0 Å². The molecule has 0 saturated carbocycles. The van der Waals surface area contributed by atoms with Crippen LogP contribution in [0.2, 0.25) is 5.02 Å². The summed E-state index contributed by atoms with van der Waals surface area (Å²) in [6.07, 6.45) is 2.07. The summed E-state index contributed by atoms with van der Waals surface area (Å²) < 4.78 is 0. The van der Waals surface area contributed by atoms with Crippen molar-refractivity contribution in [1.29, 1.82) is 0 Å². The van der Waals surface area contributed by atoms with Crippen LogP contribution in [0.4, 0.5) is 0 Å². The van der Waals surface area contributed by atoms with Crippen molar-refractivity contribution in [1.82, 2.24) is 10.2 Å². The topological polar surface area (TPSA) is 32.3 Å². The molecule has 17 heavy (non-hydrogen) atoms. The van der Waals surface area contributed by atoms with Crippen LogP contribution in [-0.2, 0) is 11.3 Å². The minimum atomic E-state index is 0.0438. The lowest BCUT2D eigenvalue weighted by atomic mass is 10.2. The van der Waals surface area contributed by atoms with Crippen molar-refractivity contribution in [2.75, 3.05) is 13.6 Å². The molecule has 1 fully saturated rings. The Bertz CT molecular complexity index is 391. The van der Waals surface area contributed by atoms with Gasteiger partial charge in [-0.1, -0.05) is 23.7 Å². The summed E-state index contributed by atoms with van der Waals surface area (Å²) in [4.78, 5) is 14.0. The lowest BCUT2D eigenvalue weighted by molar-refractivity contribution is -0.125. The molecule has 0 radical (unpaired) electrons. The predicted molar refractivity (Wildman–Crippen MR) is 69.0 cm³/mol. The highest BCUT2D eigenvalue weighted by molar-refractivity contribution is 6.30. The van der Waals surface area contributed by atoms with E-state index in [4.69, 9.17) is 11.6 Å². The summed E-state index contributed by atoms with van der Waals surface area (Å²) in [5, 5.41) is 3.69. The maximum absolute atomic E-state index is 11.9. The van der Waals surface area contributed by atoms with Crippen LogP contribution in [0.1, 0.15) is 18.4 Å². The Morgan fingerprint density at radius 3 is 2.76 bits per heavy atom. The minimum absolute atomic E-state index is 0.0438. The van der Waals surface area contributed by atoms with Crippen LogP contribution in [0.3, 0.4) is 0 Å². The van der Waals surface area contributed by atoms with E-state index in [0.717, 1.165) is 30.0 Å². The maximum Gasteiger partial charge on any atom is 0.237 e. The van der Waals surface area contributed by atoms with E-state index in [2.05, 4.69) is 10.2 Å². The highest BCUT2D eigenvalue weighted by atomic mass is 35.5. The first-order valence-electron chi connectivity index (χ1n) is 5.89. The largest absolute Gasteiger partial charge is 0.351 e.